The van der Waals surface area contributed by atoms with E-state index in [4.69, 9.17) is 0 Å². The van der Waals surface area contributed by atoms with Crippen LogP contribution in [0.3, 0.4) is 0 Å². The summed E-state index contributed by atoms with van der Waals surface area (Å²) < 4.78 is 1.16. The number of hydrogen-bond acceptors (Lipinski definition) is 1. The second kappa shape index (κ2) is 5.15. The van der Waals surface area contributed by atoms with Crippen molar-refractivity contribution >= 4 is 15.9 Å². The zero-order chi connectivity index (χ0) is 11.5. The van der Waals surface area contributed by atoms with Crippen LogP contribution in [0.25, 0.3) is 0 Å². The Hall–Kier alpha value is -0.600. The van der Waals surface area contributed by atoms with Gasteiger partial charge in [-0.3, -0.25) is 0 Å². The summed E-state index contributed by atoms with van der Waals surface area (Å²) in [6.45, 7) is 5.94. The predicted molar refractivity (Wildman–Crippen MR) is 72.7 cm³/mol. The Morgan fingerprint density at radius 1 is 1.38 bits per heavy atom. The van der Waals surface area contributed by atoms with E-state index >= 15 is 0 Å². The molecule has 1 nitrogen and oxygen atoms in total. The zero-order valence-electron chi connectivity index (χ0n) is 9.62. The third kappa shape index (κ3) is 2.74. The van der Waals surface area contributed by atoms with Crippen molar-refractivity contribution in [2.24, 2.45) is 0 Å². The quantitative estimate of drug-likeness (QED) is 0.826. The highest BCUT2D eigenvalue weighted by atomic mass is 79.9. The van der Waals surface area contributed by atoms with Crippen LogP contribution in [0.15, 0.2) is 41.4 Å². The van der Waals surface area contributed by atoms with Crippen molar-refractivity contribution in [2.75, 3.05) is 0 Å². The van der Waals surface area contributed by atoms with E-state index in [0.717, 1.165) is 10.4 Å². The summed E-state index contributed by atoms with van der Waals surface area (Å²) >= 11 is 3.47. The van der Waals surface area contributed by atoms with Gasteiger partial charge < -0.3 is 5.32 Å². The summed E-state index contributed by atoms with van der Waals surface area (Å²) in [5.74, 6) is 0.739. The molecule has 1 aliphatic rings. The molecule has 1 unspecified atom stereocenters. The molecule has 86 valence electrons. The van der Waals surface area contributed by atoms with Crippen LogP contribution in [0.5, 0.6) is 0 Å². The summed E-state index contributed by atoms with van der Waals surface area (Å²) in [5.41, 5.74) is 1.47. The molecule has 0 saturated heterocycles. The third-order valence-electron chi connectivity index (χ3n) is 3.33. The van der Waals surface area contributed by atoms with Gasteiger partial charge in [-0.1, -0.05) is 34.1 Å². The van der Waals surface area contributed by atoms with Crippen molar-refractivity contribution in [3.05, 3.63) is 47.0 Å². The molecule has 1 aromatic rings. The van der Waals surface area contributed by atoms with Gasteiger partial charge in [0.2, 0.25) is 0 Å². The summed E-state index contributed by atoms with van der Waals surface area (Å²) in [6, 6.07) is 9.80. The van der Waals surface area contributed by atoms with Crippen molar-refractivity contribution in [3.63, 3.8) is 0 Å². The lowest BCUT2D eigenvalue weighted by Crippen LogP contribution is -2.43. The molecule has 2 heteroatoms. The fourth-order valence-electron chi connectivity index (χ4n) is 2.20. The Balaban J connectivity index is 1.84. The molecule has 0 heterocycles. The Labute approximate surface area is 106 Å². The average Bonchev–Trinajstić information content (AvgIpc) is 2.24. The second-order valence-electron chi connectivity index (χ2n) is 4.61. The van der Waals surface area contributed by atoms with Crippen molar-refractivity contribution < 1.29 is 0 Å². The Bertz CT molecular complexity index is 352. The molecule has 1 aromatic carbocycles. The predicted octanol–water partition coefficient (Wildman–Crippen LogP) is 3.86. The van der Waals surface area contributed by atoms with Crippen LogP contribution < -0.4 is 5.32 Å². The van der Waals surface area contributed by atoms with E-state index in [2.05, 4.69) is 59.0 Å². The molecule has 0 bridgehead atoms. The summed E-state index contributed by atoms with van der Waals surface area (Å²) in [6.07, 6.45) is 4.46. The lowest BCUT2D eigenvalue weighted by molar-refractivity contribution is 0.282. The minimum Gasteiger partial charge on any atom is -0.308 e. The first kappa shape index (κ1) is 11.9. The zero-order valence-corrected chi connectivity index (χ0v) is 11.2. The fourth-order valence-corrected chi connectivity index (χ4v) is 2.47. The van der Waals surface area contributed by atoms with E-state index in [0.29, 0.717) is 12.1 Å². The molecule has 1 N–H and O–H groups in total. The van der Waals surface area contributed by atoms with Crippen LogP contribution in [0, 0.1) is 0 Å². The molecule has 0 amide bonds. The molecule has 1 aliphatic carbocycles. The van der Waals surface area contributed by atoms with Crippen LogP contribution >= 0.6 is 15.9 Å². The molecule has 0 aromatic heterocycles. The van der Waals surface area contributed by atoms with Crippen molar-refractivity contribution in [1.29, 1.82) is 0 Å². The maximum atomic E-state index is 3.79. The minimum atomic E-state index is 0.427. The molecule has 16 heavy (non-hydrogen) atoms. The van der Waals surface area contributed by atoms with Gasteiger partial charge in [-0.15, -0.1) is 6.58 Å². The van der Waals surface area contributed by atoms with Crippen LogP contribution in [0.4, 0.5) is 0 Å². The van der Waals surface area contributed by atoms with Crippen LogP contribution in [0.2, 0.25) is 0 Å². The molecule has 2 rings (SSSR count). The molecule has 1 saturated carbocycles. The van der Waals surface area contributed by atoms with Gasteiger partial charge in [0, 0.05) is 16.6 Å². The van der Waals surface area contributed by atoms with E-state index < -0.39 is 0 Å². The van der Waals surface area contributed by atoms with Gasteiger partial charge in [-0.25, -0.2) is 0 Å². The van der Waals surface area contributed by atoms with Crippen molar-refractivity contribution in [3.8, 4) is 0 Å². The maximum Gasteiger partial charge on any atom is 0.0221 e. The molecule has 0 radical (unpaired) electrons. The van der Waals surface area contributed by atoms with Crippen molar-refractivity contribution in [2.45, 2.75) is 37.8 Å². The first-order valence-electron chi connectivity index (χ1n) is 5.83. The summed E-state index contributed by atoms with van der Waals surface area (Å²) in [7, 11) is 0. The highest BCUT2D eigenvalue weighted by Crippen LogP contribution is 2.37. The van der Waals surface area contributed by atoms with Gasteiger partial charge in [-0.2, -0.15) is 0 Å². The van der Waals surface area contributed by atoms with Gasteiger partial charge in [-0.05, 0) is 43.4 Å². The first-order chi connectivity index (χ1) is 7.69. The standard InChI is InChI=1S/C14H18BrN/c1-3-10(2)16-14-8-12(9-14)11-4-6-13(15)7-5-11/h3-7,10,12,14,16H,1,8-9H2,2H3. The van der Waals surface area contributed by atoms with Crippen molar-refractivity contribution in [1.82, 2.24) is 5.32 Å². The number of nitrogens with one attached hydrogen (secondary N) is 1. The highest BCUT2D eigenvalue weighted by Gasteiger charge is 2.30. The summed E-state index contributed by atoms with van der Waals surface area (Å²) in [4.78, 5) is 0. The topological polar surface area (TPSA) is 12.0 Å². The average molecular weight is 280 g/mol. The van der Waals surface area contributed by atoms with Crippen LogP contribution in [-0.2, 0) is 0 Å². The van der Waals surface area contributed by atoms with Gasteiger partial charge in [0.15, 0.2) is 0 Å². The largest absolute Gasteiger partial charge is 0.308 e. The number of hydrogen-bond donors (Lipinski definition) is 1. The molecule has 0 spiro atoms. The van der Waals surface area contributed by atoms with Crippen LogP contribution in [0.1, 0.15) is 31.2 Å². The molecule has 1 atom stereocenters. The minimum absolute atomic E-state index is 0.427. The molecular formula is C14H18BrN. The van der Waals surface area contributed by atoms with Gasteiger partial charge >= 0.3 is 0 Å². The number of rotatable bonds is 4. The second-order valence-corrected chi connectivity index (χ2v) is 5.52. The highest BCUT2D eigenvalue weighted by molar-refractivity contribution is 9.10. The normalized spacial score (nSPS) is 25.9. The number of benzene rings is 1. The van der Waals surface area contributed by atoms with E-state index in [1.54, 1.807) is 0 Å². The molecule has 0 aliphatic heterocycles. The first-order valence-corrected chi connectivity index (χ1v) is 6.62. The van der Waals surface area contributed by atoms with E-state index in [-0.39, 0.29) is 0 Å². The Morgan fingerprint density at radius 3 is 2.56 bits per heavy atom. The fraction of sp³-hybridized carbons (Fsp3) is 0.429. The maximum absolute atomic E-state index is 3.79. The van der Waals surface area contributed by atoms with E-state index in [1.165, 1.54) is 18.4 Å². The smallest absolute Gasteiger partial charge is 0.0221 e. The van der Waals surface area contributed by atoms with Crippen LogP contribution in [-0.4, -0.2) is 12.1 Å². The lowest BCUT2D eigenvalue weighted by Gasteiger charge is -2.37. The SMILES string of the molecule is C=CC(C)NC1CC(c2ccc(Br)cc2)C1. The van der Waals surface area contributed by atoms with E-state index in [9.17, 15) is 0 Å². The van der Waals surface area contributed by atoms with Gasteiger partial charge in [0.1, 0.15) is 0 Å². The third-order valence-corrected chi connectivity index (χ3v) is 3.86. The number of halogens is 1. The lowest BCUT2D eigenvalue weighted by atomic mass is 9.75. The van der Waals surface area contributed by atoms with E-state index in [1.807, 2.05) is 6.08 Å². The van der Waals surface area contributed by atoms with Gasteiger partial charge in [0.25, 0.3) is 0 Å². The molecule has 1 fully saturated rings. The van der Waals surface area contributed by atoms with Gasteiger partial charge in [0.05, 0.1) is 0 Å². The Kier molecular flexibility index (Phi) is 3.82. The monoisotopic (exact) mass is 279 g/mol. The summed E-state index contributed by atoms with van der Waals surface area (Å²) in [5, 5.41) is 3.55. The Morgan fingerprint density at radius 2 is 2.00 bits per heavy atom. The molecular weight excluding hydrogens is 262 g/mol.